The Hall–Kier alpha value is -3.51. The summed E-state index contributed by atoms with van der Waals surface area (Å²) < 4.78 is 5.21. The van der Waals surface area contributed by atoms with E-state index in [0.29, 0.717) is 15.8 Å². The van der Waals surface area contributed by atoms with E-state index in [1.54, 1.807) is 29.2 Å². The van der Waals surface area contributed by atoms with Gasteiger partial charge in [-0.25, -0.2) is 4.99 Å². The fourth-order valence-corrected chi connectivity index (χ4v) is 4.48. The largest absolute Gasteiger partial charge is 0.504 e. The van der Waals surface area contributed by atoms with Gasteiger partial charge in [-0.15, -0.1) is 0 Å². The molecule has 168 valence electrons. The van der Waals surface area contributed by atoms with Crippen LogP contribution in [-0.2, 0) is 4.79 Å². The van der Waals surface area contributed by atoms with Crippen LogP contribution in [0.4, 0.5) is 11.4 Å². The second kappa shape index (κ2) is 9.16. The minimum Gasteiger partial charge on any atom is -0.504 e. The van der Waals surface area contributed by atoms with E-state index in [4.69, 9.17) is 9.73 Å². The number of phenolic OH excluding ortho intramolecular Hbond substituents is 1. The highest BCUT2D eigenvalue weighted by atomic mass is 32.2. The zero-order valence-electron chi connectivity index (χ0n) is 19.3. The molecule has 6 heteroatoms. The van der Waals surface area contributed by atoms with Crippen LogP contribution in [0.3, 0.4) is 0 Å². The Balaban J connectivity index is 1.80. The summed E-state index contributed by atoms with van der Waals surface area (Å²) >= 11 is 1.33. The summed E-state index contributed by atoms with van der Waals surface area (Å²) in [4.78, 5) is 20.6. The summed E-state index contributed by atoms with van der Waals surface area (Å²) in [6.07, 6.45) is 1.80. The van der Waals surface area contributed by atoms with Gasteiger partial charge in [-0.3, -0.25) is 9.69 Å². The first-order chi connectivity index (χ1) is 15.8. The summed E-state index contributed by atoms with van der Waals surface area (Å²) in [5.74, 6) is 0.270. The van der Waals surface area contributed by atoms with Crippen molar-refractivity contribution in [1.29, 1.82) is 0 Å². The summed E-state index contributed by atoms with van der Waals surface area (Å²) in [6.45, 7) is 8.20. The maximum atomic E-state index is 13.5. The highest BCUT2D eigenvalue weighted by Gasteiger charge is 2.35. The molecule has 4 rings (SSSR count). The molecule has 1 saturated heterocycles. The number of hydrogen-bond acceptors (Lipinski definition) is 5. The van der Waals surface area contributed by atoms with Crippen molar-refractivity contribution in [3.63, 3.8) is 0 Å². The van der Waals surface area contributed by atoms with Crippen LogP contribution in [0.5, 0.6) is 11.5 Å². The average molecular weight is 459 g/mol. The van der Waals surface area contributed by atoms with Crippen LogP contribution >= 0.6 is 11.8 Å². The van der Waals surface area contributed by atoms with Gasteiger partial charge in [0.05, 0.1) is 23.4 Å². The van der Waals surface area contributed by atoms with Gasteiger partial charge in [0, 0.05) is 0 Å². The first-order valence-corrected chi connectivity index (χ1v) is 11.4. The molecule has 0 unspecified atom stereocenters. The zero-order chi connectivity index (χ0) is 23.7. The molecule has 1 amide bonds. The van der Waals surface area contributed by atoms with Gasteiger partial charge in [-0.05, 0) is 110 Å². The van der Waals surface area contributed by atoms with Gasteiger partial charge in [0.15, 0.2) is 16.7 Å². The lowest BCUT2D eigenvalue weighted by molar-refractivity contribution is -0.113. The van der Waals surface area contributed by atoms with Gasteiger partial charge in [0.1, 0.15) is 0 Å². The normalized spacial score (nSPS) is 16.2. The van der Waals surface area contributed by atoms with Crippen LogP contribution in [0.2, 0.25) is 0 Å². The molecule has 3 aromatic carbocycles. The van der Waals surface area contributed by atoms with Gasteiger partial charge < -0.3 is 9.84 Å². The highest BCUT2D eigenvalue weighted by molar-refractivity contribution is 8.19. The molecule has 33 heavy (non-hydrogen) atoms. The van der Waals surface area contributed by atoms with Crippen molar-refractivity contribution < 1.29 is 14.6 Å². The van der Waals surface area contributed by atoms with Gasteiger partial charge in [0.2, 0.25) is 0 Å². The lowest BCUT2D eigenvalue weighted by atomic mass is 10.1. The standard InChI is InChI=1S/C27H26N2O3S/c1-16-6-9-21(12-18(16)3)28-27-29(22-10-7-17(2)19(4)13-22)26(31)25(33-27)15-20-8-11-23(30)24(14-20)32-5/h6-15,30H,1-5H3/b25-15-,28-27?. The SMILES string of the molecule is COc1cc(/C=C2\SC(=Nc3ccc(C)c(C)c3)N(c3ccc(C)c(C)c3)C2=O)ccc1O. The topological polar surface area (TPSA) is 62.1 Å². The Morgan fingerprint density at radius 3 is 2.27 bits per heavy atom. The number of amidine groups is 1. The third-order valence-corrected chi connectivity index (χ3v) is 6.74. The number of amides is 1. The number of benzene rings is 3. The van der Waals surface area contributed by atoms with E-state index in [9.17, 15) is 9.90 Å². The molecule has 0 bridgehead atoms. The molecule has 0 aliphatic carbocycles. The van der Waals surface area contributed by atoms with E-state index in [1.807, 2.05) is 50.2 Å². The van der Waals surface area contributed by atoms with E-state index >= 15 is 0 Å². The van der Waals surface area contributed by atoms with Crippen LogP contribution in [-0.4, -0.2) is 23.3 Å². The molecule has 0 saturated carbocycles. The van der Waals surface area contributed by atoms with Gasteiger partial charge in [-0.1, -0.05) is 18.2 Å². The number of anilines is 1. The lowest BCUT2D eigenvalue weighted by Gasteiger charge is -2.17. The molecule has 0 aromatic heterocycles. The first kappa shape index (κ1) is 22.7. The van der Waals surface area contributed by atoms with Crippen LogP contribution in [0.25, 0.3) is 6.08 Å². The quantitative estimate of drug-likeness (QED) is 0.457. The van der Waals surface area contributed by atoms with E-state index in [-0.39, 0.29) is 11.7 Å². The molecule has 0 radical (unpaired) electrons. The Morgan fingerprint density at radius 1 is 0.909 bits per heavy atom. The molecular formula is C27H26N2O3S. The summed E-state index contributed by atoms with van der Waals surface area (Å²) in [5.41, 5.74) is 6.96. The predicted octanol–water partition coefficient (Wildman–Crippen LogP) is 6.44. The smallest absolute Gasteiger partial charge is 0.271 e. The van der Waals surface area contributed by atoms with E-state index < -0.39 is 0 Å². The Morgan fingerprint density at radius 2 is 1.61 bits per heavy atom. The number of aliphatic imine (C=N–C) groups is 1. The number of hydrogen-bond donors (Lipinski definition) is 1. The van der Waals surface area contributed by atoms with Crippen molar-refractivity contribution >= 4 is 40.3 Å². The zero-order valence-corrected chi connectivity index (χ0v) is 20.2. The number of aryl methyl sites for hydroxylation is 4. The van der Waals surface area contributed by atoms with Crippen molar-refractivity contribution in [3.8, 4) is 11.5 Å². The third kappa shape index (κ3) is 4.66. The maximum absolute atomic E-state index is 13.5. The van der Waals surface area contributed by atoms with Crippen molar-refractivity contribution in [2.45, 2.75) is 27.7 Å². The average Bonchev–Trinajstić information content (AvgIpc) is 3.08. The van der Waals surface area contributed by atoms with Gasteiger partial charge >= 0.3 is 0 Å². The number of aromatic hydroxyl groups is 1. The molecule has 1 heterocycles. The molecule has 1 fully saturated rings. The minimum atomic E-state index is -0.141. The summed E-state index contributed by atoms with van der Waals surface area (Å²) in [7, 11) is 1.50. The van der Waals surface area contributed by atoms with Crippen molar-refractivity contribution in [2.75, 3.05) is 12.0 Å². The van der Waals surface area contributed by atoms with E-state index in [0.717, 1.165) is 33.6 Å². The van der Waals surface area contributed by atoms with Gasteiger partial charge in [-0.2, -0.15) is 0 Å². The fraction of sp³-hybridized carbons (Fsp3) is 0.185. The summed E-state index contributed by atoms with van der Waals surface area (Å²) in [5, 5.41) is 10.5. The first-order valence-electron chi connectivity index (χ1n) is 10.6. The van der Waals surface area contributed by atoms with Crippen LogP contribution in [0, 0.1) is 27.7 Å². The molecule has 5 nitrogen and oxygen atoms in total. The second-order valence-corrected chi connectivity index (χ2v) is 9.12. The van der Waals surface area contributed by atoms with Crippen molar-refractivity contribution in [1.82, 2.24) is 0 Å². The number of methoxy groups -OCH3 is 1. The number of nitrogens with zero attached hydrogens (tertiary/aromatic N) is 2. The lowest BCUT2D eigenvalue weighted by Crippen LogP contribution is -2.28. The number of carbonyl (C=O) groups excluding carboxylic acids is 1. The predicted molar refractivity (Wildman–Crippen MR) is 137 cm³/mol. The van der Waals surface area contributed by atoms with Gasteiger partial charge in [0.25, 0.3) is 5.91 Å². The molecule has 1 aliphatic rings. The third-order valence-electron chi connectivity index (χ3n) is 5.77. The van der Waals surface area contributed by atoms with Crippen molar-refractivity contribution in [2.24, 2.45) is 4.99 Å². The molecule has 1 aliphatic heterocycles. The maximum Gasteiger partial charge on any atom is 0.271 e. The number of rotatable bonds is 4. The minimum absolute atomic E-state index is 0.0544. The monoisotopic (exact) mass is 458 g/mol. The molecule has 0 atom stereocenters. The van der Waals surface area contributed by atoms with Crippen molar-refractivity contribution in [3.05, 3.63) is 87.3 Å². The number of ether oxygens (including phenoxy) is 1. The molecule has 0 spiro atoms. The summed E-state index contributed by atoms with van der Waals surface area (Å²) in [6, 6.07) is 17.0. The Kier molecular flexibility index (Phi) is 6.29. The molecule has 1 N–H and O–H groups in total. The van der Waals surface area contributed by atoms with Crippen LogP contribution in [0.15, 0.2) is 64.5 Å². The number of phenols is 1. The van der Waals surface area contributed by atoms with E-state index in [1.165, 1.54) is 24.4 Å². The number of thioether (sulfide) groups is 1. The van der Waals surface area contributed by atoms with E-state index in [2.05, 4.69) is 13.8 Å². The molecular weight excluding hydrogens is 432 g/mol. The fourth-order valence-electron chi connectivity index (χ4n) is 3.48. The van der Waals surface area contributed by atoms with Crippen LogP contribution in [0.1, 0.15) is 27.8 Å². The second-order valence-electron chi connectivity index (χ2n) is 8.11. The van der Waals surface area contributed by atoms with Crippen LogP contribution < -0.4 is 9.64 Å². The Bertz CT molecular complexity index is 1310. The highest BCUT2D eigenvalue weighted by Crippen LogP contribution is 2.38. The molecule has 3 aromatic rings. The number of carbonyl (C=O) groups is 1. The Labute approximate surface area is 198 Å².